The molecule has 4 aromatic rings. The van der Waals surface area contributed by atoms with Gasteiger partial charge in [0.15, 0.2) is 27.0 Å². The summed E-state index contributed by atoms with van der Waals surface area (Å²) in [5, 5.41) is 7.48. The number of primary amides is 1. The van der Waals surface area contributed by atoms with Crippen molar-refractivity contribution in [1.29, 1.82) is 0 Å². The molecule has 3 N–H and O–H groups in total. The maximum atomic E-state index is 13.1. The van der Waals surface area contributed by atoms with Gasteiger partial charge in [0, 0.05) is 29.1 Å². The van der Waals surface area contributed by atoms with Crippen LogP contribution in [-0.2, 0) is 22.7 Å². The molecule has 39 heavy (non-hydrogen) atoms. The van der Waals surface area contributed by atoms with Gasteiger partial charge in [-0.15, -0.1) is 0 Å². The molecule has 0 saturated heterocycles. The molecule has 0 bridgehead atoms. The Labute approximate surface area is 228 Å². The number of halogens is 1. The summed E-state index contributed by atoms with van der Waals surface area (Å²) < 4.78 is 36.6. The number of carbonyl (C=O) groups excluding carboxylic acids is 2. The lowest BCUT2D eigenvalue weighted by atomic mass is 9.88. The van der Waals surface area contributed by atoms with Crippen LogP contribution in [0.25, 0.3) is 16.9 Å². The molecule has 0 atom stereocenters. The Hall–Kier alpha value is -4.35. The molecule has 0 radical (unpaired) electrons. The van der Waals surface area contributed by atoms with Crippen molar-refractivity contribution in [2.75, 3.05) is 18.4 Å². The maximum Gasteiger partial charge on any atom is 0.269 e. The van der Waals surface area contributed by atoms with Gasteiger partial charge >= 0.3 is 0 Å². The molecule has 3 aromatic carbocycles. The predicted molar refractivity (Wildman–Crippen MR) is 144 cm³/mol. The first-order chi connectivity index (χ1) is 18.6. The van der Waals surface area contributed by atoms with Gasteiger partial charge in [0.2, 0.25) is 6.79 Å². The lowest BCUT2D eigenvalue weighted by Crippen LogP contribution is -2.16. The highest BCUT2D eigenvalue weighted by atomic mass is 35.5. The van der Waals surface area contributed by atoms with Crippen molar-refractivity contribution in [3.05, 3.63) is 82.0 Å². The Morgan fingerprint density at radius 3 is 2.59 bits per heavy atom. The van der Waals surface area contributed by atoms with Gasteiger partial charge < -0.3 is 20.5 Å². The van der Waals surface area contributed by atoms with Crippen LogP contribution in [0.5, 0.6) is 11.5 Å². The Kier molecular flexibility index (Phi) is 5.85. The molecule has 10 nitrogen and oxygen atoms in total. The number of fused-ring (bicyclic) bond motifs is 4. The minimum Gasteiger partial charge on any atom is -0.454 e. The number of ether oxygens (including phenoxy) is 2. The number of nitrogens with one attached hydrogen (secondary N) is 1. The van der Waals surface area contributed by atoms with Gasteiger partial charge in [-0.3, -0.25) is 9.59 Å². The fourth-order valence-corrected chi connectivity index (χ4v) is 5.68. The van der Waals surface area contributed by atoms with Crippen molar-refractivity contribution in [2.24, 2.45) is 5.73 Å². The van der Waals surface area contributed by atoms with Crippen molar-refractivity contribution in [3.63, 3.8) is 0 Å². The highest BCUT2D eigenvalue weighted by Crippen LogP contribution is 2.40. The number of hydrogen-bond acceptors (Lipinski definition) is 7. The van der Waals surface area contributed by atoms with Crippen LogP contribution in [0, 0.1) is 0 Å². The molecular weight excluding hydrogens is 544 g/mol. The third kappa shape index (κ3) is 4.39. The lowest BCUT2D eigenvalue weighted by molar-refractivity contribution is 0.0992. The molecule has 1 aliphatic heterocycles. The largest absolute Gasteiger partial charge is 0.454 e. The zero-order valence-electron chi connectivity index (χ0n) is 20.5. The van der Waals surface area contributed by atoms with Crippen LogP contribution in [0.1, 0.15) is 32.0 Å². The number of rotatable bonds is 5. The highest BCUT2D eigenvalue weighted by molar-refractivity contribution is 7.90. The Balaban J connectivity index is 1.42. The van der Waals surface area contributed by atoms with Crippen molar-refractivity contribution >= 4 is 38.9 Å². The van der Waals surface area contributed by atoms with Gasteiger partial charge in [0.25, 0.3) is 11.8 Å². The topological polar surface area (TPSA) is 143 Å². The second kappa shape index (κ2) is 9.14. The fourth-order valence-electron chi connectivity index (χ4n) is 4.83. The van der Waals surface area contributed by atoms with Gasteiger partial charge in [-0.2, -0.15) is 5.10 Å². The van der Waals surface area contributed by atoms with E-state index in [9.17, 15) is 18.0 Å². The summed E-state index contributed by atoms with van der Waals surface area (Å²) in [6.07, 6.45) is 2.26. The standard InChI is InChI=1S/C27H21ClN4O6S/c1-39(35,36)17-6-8-21(28)20(12-17)27(34)30-15-4-2-14-3-7-18-24(26(29)33)31-32(25(18)19(14)10-15)16-5-9-22-23(11-16)38-13-37-22/h2,4-6,8-12H,3,7,13H2,1H3,(H2,29,33)(H,30,34). The Bertz CT molecular complexity index is 1820. The minimum absolute atomic E-state index is 0.0151. The molecule has 6 rings (SSSR count). The van der Waals surface area contributed by atoms with E-state index in [1.54, 1.807) is 28.9 Å². The minimum atomic E-state index is -3.54. The number of nitrogens with zero attached hydrogens (tertiary/aromatic N) is 2. The fraction of sp³-hybridized carbons (Fsp3) is 0.148. The highest BCUT2D eigenvalue weighted by Gasteiger charge is 2.29. The number of hydrogen-bond donors (Lipinski definition) is 2. The smallest absolute Gasteiger partial charge is 0.269 e. The second-order valence-electron chi connectivity index (χ2n) is 9.23. The van der Waals surface area contributed by atoms with E-state index < -0.39 is 21.7 Å². The molecule has 1 aliphatic carbocycles. The summed E-state index contributed by atoms with van der Waals surface area (Å²) >= 11 is 6.22. The summed E-state index contributed by atoms with van der Waals surface area (Å²) in [5.41, 5.74) is 10.1. The van der Waals surface area contributed by atoms with E-state index in [1.807, 2.05) is 12.1 Å². The third-order valence-electron chi connectivity index (χ3n) is 6.70. The number of carbonyl (C=O) groups is 2. The molecule has 12 heteroatoms. The van der Waals surface area contributed by atoms with Crippen LogP contribution in [0.15, 0.2) is 59.5 Å². The lowest BCUT2D eigenvalue weighted by Gasteiger charge is -2.20. The van der Waals surface area contributed by atoms with Gasteiger partial charge in [0.05, 0.1) is 26.9 Å². The molecule has 1 aromatic heterocycles. The number of benzene rings is 3. The summed E-state index contributed by atoms with van der Waals surface area (Å²) in [6, 6.07) is 14.8. The molecule has 2 heterocycles. The Morgan fingerprint density at radius 1 is 1.03 bits per heavy atom. The van der Waals surface area contributed by atoms with E-state index in [4.69, 9.17) is 26.8 Å². The van der Waals surface area contributed by atoms with Gasteiger partial charge in [0.1, 0.15) is 0 Å². The molecule has 0 unspecified atom stereocenters. The molecule has 0 saturated carbocycles. The van der Waals surface area contributed by atoms with Crippen LogP contribution in [-0.4, -0.2) is 43.1 Å². The normalized spacial score (nSPS) is 13.5. The summed E-state index contributed by atoms with van der Waals surface area (Å²) in [5.74, 6) is -0.0378. The number of sulfone groups is 1. The number of aromatic nitrogens is 2. The zero-order valence-corrected chi connectivity index (χ0v) is 22.1. The molecule has 2 aliphatic rings. The van der Waals surface area contributed by atoms with Crippen LogP contribution < -0.4 is 20.5 Å². The predicted octanol–water partition coefficient (Wildman–Crippen LogP) is 3.77. The molecule has 2 amide bonds. The first-order valence-electron chi connectivity index (χ1n) is 11.9. The van der Waals surface area contributed by atoms with Crippen LogP contribution in [0.3, 0.4) is 0 Å². The first-order valence-corrected chi connectivity index (χ1v) is 14.1. The van der Waals surface area contributed by atoms with Crippen molar-refractivity contribution in [1.82, 2.24) is 9.78 Å². The number of aryl methyl sites for hydroxylation is 1. The van der Waals surface area contributed by atoms with Gasteiger partial charge in [-0.05, 0) is 60.9 Å². The average Bonchev–Trinajstić information content (AvgIpc) is 3.52. The first kappa shape index (κ1) is 25.0. The summed E-state index contributed by atoms with van der Waals surface area (Å²) in [4.78, 5) is 25.4. The maximum absolute atomic E-state index is 13.1. The van der Waals surface area contributed by atoms with Crippen molar-refractivity contribution in [2.45, 2.75) is 17.7 Å². The number of nitrogens with two attached hydrogens (primary N) is 1. The summed E-state index contributed by atoms with van der Waals surface area (Å²) in [7, 11) is -3.54. The van der Waals surface area contributed by atoms with Gasteiger partial charge in [-0.1, -0.05) is 17.7 Å². The quantitative estimate of drug-likeness (QED) is 0.375. The van der Waals surface area contributed by atoms with E-state index in [2.05, 4.69) is 10.4 Å². The van der Waals surface area contributed by atoms with Crippen LogP contribution >= 0.6 is 11.6 Å². The summed E-state index contributed by atoms with van der Waals surface area (Å²) in [6.45, 7) is 0.117. The van der Waals surface area contributed by atoms with Gasteiger partial charge in [-0.25, -0.2) is 13.1 Å². The third-order valence-corrected chi connectivity index (χ3v) is 8.14. The van der Waals surface area contributed by atoms with E-state index in [1.165, 1.54) is 18.2 Å². The van der Waals surface area contributed by atoms with E-state index in [0.717, 1.165) is 17.4 Å². The number of anilines is 1. The van der Waals surface area contributed by atoms with E-state index in [-0.39, 0.29) is 28.0 Å². The Morgan fingerprint density at radius 2 is 1.82 bits per heavy atom. The van der Waals surface area contributed by atoms with Crippen LogP contribution in [0.2, 0.25) is 5.02 Å². The van der Waals surface area contributed by atoms with Crippen molar-refractivity contribution in [3.8, 4) is 28.4 Å². The SMILES string of the molecule is CS(=O)(=O)c1ccc(Cl)c(C(=O)Nc2ccc3c(c2)-c2c(c(C(N)=O)nn2-c2ccc4c(c2)OCO4)CC3)c1. The van der Waals surface area contributed by atoms with E-state index in [0.29, 0.717) is 47.0 Å². The second-order valence-corrected chi connectivity index (χ2v) is 11.7. The van der Waals surface area contributed by atoms with E-state index >= 15 is 0 Å². The monoisotopic (exact) mass is 564 g/mol. The molecule has 0 spiro atoms. The number of amides is 2. The van der Waals surface area contributed by atoms with Crippen molar-refractivity contribution < 1.29 is 27.5 Å². The van der Waals surface area contributed by atoms with Crippen LogP contribution in [0.4, 0.5) is 5.69 Å². The molecule has 0 fully saturated rings. The molecule has 198 valence electrons. The average molecular weight is 565 g/mol. The zero-order chi connectivity index (χ0) is 27.5. The molecular formula is C27H21ClN4O6S.